The molecule has 26 heavy (non-hydrogen) atoms. The first-order chi connectivity index (χ1) is 12.5. The number of nitrogens with one attached hydrogen (secondary N) is 1. The fourth-order valence-corrected chi connectivity index (χ4v) is 4.15. The van der Waals surface area contributed by atoms with Crippen LogP contribution in [-0.4, -0.2) is 41.6 Å². The quantitative estimate of drug-likeness (QED) is 0.825. The molecule has 0 spiro atoms. The molecule has 0 aliphatic carbocycles. The lowest BCUT2D eigenvalue weighted by Gasteiger charge is -2.42. The summed E-state index contributed by atoms with van der Waals surface area (Å²) in [6.45, 7) is 9.96. The third kappa shape index (κ3) is 4.13. The van der Waals surface area contributed by atoms with Crippen LogP contribution < -0.4 is 5.32 Å². The van der Waals surface area contributed by atoms with Crippen molar-refractivity contribution in [2.45, 2.75) is 39.5 Å². The van der Waals surface area contributed by atoms with Crippen LogP contribution in [0.2, 0.25) is 0 Å². The fraction of sp³-hybridized carbons (Fsp3) is 0.455. The molecule has 1 aromatic carbocycles. The fourth-order valence-electron chi connectivity index (χ4n) is 4.15. The van der Waals surface area contributed by atoms with Crippen molar-refractivity contribution in [1.82, 2.24) is 4.98 Å². The van der Waals surface area contributed by atoms with Crippen LogP contribution in [0.3, 0.4) is 0 Å². The Morgan fingerprint density at radius 1 is 1.15 bits per heavy atom. The van der Waals surface area contributed by atoms with E-state index in [4.69, 9.17) is 0 Å². The van der Waals surface area contributed by atoms with Gasteiger partial charge in [-0.15, -0.1) is 0 Å². The van der Waals surface area contributed by atoms with Crippen molar-refractivity contribution in [3.63, 3.8) is 0 Å². The topological polar surface area (TPSA) is 42.0 Å². The molecule has 1 fully saturated rings. The molecule has 1 N–H and O–H groups in total. The van der Waals surface area contributed by atoms with Crippen LogP contribution >= 0.6 is 0 Å². The lowest BCUT2D eigenvalue weighted by molar-refractivity contribution is -0.923. The molecule has 3 rings (SSSR count). The Morgan fingerprint density at radius 2 is 1.85 bits per heavy atom. The SMILES string of the molecule is CC[N+]1(CC(=O)Nc2c(C)cccc2C)CCC(c2cccnc2)CC1. The minimum atomic E-state index is 0.129. The number of pyridine rings is 1. The standard InChI is InChI=1S/C22H29N3O/c1-4-25(13-10-19(11-14-25)20-9-6-12-23-15-20)16-21(26)24-22-17(2)7-5-8-18(22)3/h5-9,12,15,19H,4,10-11,13-14,16H2,1-3H3/p+1. The van der Waals surface area contributed by atoms with Crippen LogP contribution in [0.1, 0.15) is 42.4 Å². The van der Waals surface area contributed by atoms with Crippen molar-refractivity contribution in [3.05, 3.63) is 59.4 Å². The van der Waals surface area contributed by atoms with Gasteiger partial charge in [-0.05, 0) is 49.4 Å². The number of aryl methyl sites for hydroxylation is 2. The minimum Gasteiger partial charge on any atom is -0.321 e. The zero-order chi connectivity index (χ0) is 18.6. The average Bonchev–Trinajstić information content (AvgIpc) is 2.66. The van der Waals surface area contributed by atoms with Crippen molar-refractivity contribution in [1.29, 1.82) is 0 Å². The molecule has 0 radical (unpaired) electrons. The molecule has 0 unspecified atom stereocenters. The second-order valence-electron chi connectivity index (χ2n) is 7.64. The number of nitrogens with zero attached hydrogens (tertiary/aromatic N) is 2. The summed E-state index contributed by atoms with van der Waals surface area (Å²) in [6.07, 6.45) is 6.06. The van der Waals surface area contributed by atoms with E-state index in [2.05, 4.69) is 23.3 Å². The molecule has 1 aromatic heterocycles. The van der Waals surface area contributed by atoms with Crippen LogP contribution in [0.15, 0.2) is 42.7 Å². The first-order valence-electron chi connectivity index (χ1n) is 9.64. The van der Waals surface area contributed by atoms with Crippen LogP contribution in [0, 0.1) is 13.8 Å². The molecule has 1 amide bonds. The van der Waals surface area contributed by atoms with E-state index in [9.17, 15) is 4.79 Å². The summed E-state index contributed by atoms with van der Waals surface area (Å²) in [7, 11) is 0. The maximum atomic E-state index is 12.8. The van der Waals surface area contributed by atoms with Crippen LogP contribution in [0.4, 0.5) is 5.69 Å². The zero-order valence-electron chi connectivity index (χ0n) is 16.2. The number of quaternary nitrogens is 1. The molecule has 4 nitrogen and oxygen atoms in total. The lowest BCUT2D eigenvalue weighted by Crippen LogP contribution is -2.56. The molecule has 1 aliphatic rings. The Hall–Kier alpha value is -2.20. The number of aromatic nitrogens is 1. The third-order valence-corrected chi connectivity index (χ3v) is 5.96. The zero-order valence-corrected chi connectivity index (χ0v) is 16.2. The number of piperidine rings is 1. The van der Waals surface area contributed by atoms with E-state index >= 15 is 0 Å². The van der Waals surface area contributed by atoms with Gasteiger partial charge >= 0.3 is 0 Å². The summed E-state index contributed by atoms with van der Waals surface area (Å²) in [5, 5.41) is 3.16. The number of benzene rings is 1. The van der Waals surface area contributed by atoms with E-state index in [0.29, 0.717) is 12.5 Å². The number of anilines is 1. The van der Waals surface area contributed by atoms with Crippen molar-refractivity contribution in [2.24, 2.45) is 0 Å². The van der Waals surface area contributed by atoms with Crippen molar-refractivity contribution in [2.75, 3.05) is 31.5 Å². The molecule has 1 saturated heterocycles. The van der Waals surface area contributed by atoms with E-state index < -0.39 is 0 Å². The minimum absolute atomic E-state index is 0.129. The summed E-state index contributed by atoms with van der Waals surface area (Å²) in [5.74, 6) is 0.701. The van der Waals surface area contributed by atoms with Gasteiger partial charge in [0.15, 0.2) is 6.54 Å². The molecule has 4 heteroatoms. The van der Waals surface area contributed by atoms with Gasteiger partial charge in [-0.25, -0.2) is 0 Å². The van der Waals surface area contributed by atoms with Crippen molar-refractivity contribution in [3.8, 4) is 0 Å². The Labute approximate surface area is 156 Å². The van der Waals surface area contributed by atoms with Crippen LogP contribution in [-0.2, 0) is 4.79 Å². The van der Waals surface area contributed by atoms with Gasteiger partial charge in [-0.2, -0.15) is 0 Å². The Kier molecular flexibility index (Phi) is 5.72. The average molecular weight is 353 g/mol. The normalized spacial score (nSPS) is 22.8. The van der Waals surface area contributed by atoms with Crippen LogP contribution in [0.25, 0.3) is 0 Å². The molecule has 0 bridgehead atoms. The van der Waals surface area contributed by atoms with Gasteiger partial charge < -0.3 is 9.80 Å². The highest BCUT2D eigenvalue weighted by molar-refractivity contribution is 5.93. The molecule has 0 atom stereocenters. The molecule has 0 saturated carbocycles. The van der Waals surface area contributed by atoms with E-state index in [0.717, 1.165) is 53.8 Å². The van der Waals surface area contributed by atoms with Gasteiger partial charge in [-0.1, -0.05) is 24.3 Å². The van der Waals surface area contributed by atoms with Gasteiger partial charge in [0.05, 0.1) is 19.6 Å². The monoisotopic (exact) mass is 352 g/mol. The smallest absolute Gasteiger partial charge is 0.279 e. The molecular formula is C22H30N3O+. The van der Waals surface area contributed by atoms with E-state index in [1.165, 1.54) is 5.56 Å². The first-order valence-corrected chi connectivity index (χ1v) is 9.64. The lowest BCUT2D eigenvalue weighted by atomic mass is 9.89. The molecule has 1 aliphatic heterocycles. The number of hydrogen-bond acceptors (Lipinski definition) is 2. The second kappa shape index (κ2) is 8.00. The van der Waals surface area contributed by atoms with E-state index in [1.54, 1.807) is 0 Å². The molecule has 2 aromatic rings. The Bertz CT molecular complexity index is 729. The predicted molar refractivity (Wildman–Crippen MR) is 106 cm³/mol. The van der Waals surface area contributed by atoms with Gasteiger partial charge in [0.1, 0.15) is 0 Å². The number of rotatable bonds is 5. The van der Waals surface area contributed by atoms with Gasteiger partial charge in [0.25, 0.3) is 5.91 Å². The number of carbonyl (C=O) groups excluding carboxylic acids is 1. The van der Waals surface area contributed by atoms with Crippen LogP contribution in [0.5, 0.6) is 0 Å². The number of hydrogen-bond donors (Lipinski definition) is 1. The Balaban J connectivity index is 1.63. The number of para-hydroxylation sites is 1. The van der Waals surface area contributed by atoms with Gasteiger partial charge in [0, 0.05) is 30.9 Å². The van der Waals surface area contributed by atoms with Gasteiger partial charge in [0.2, 0.25) is 0 Å². The molecule has 138 valence electrons. The largest absolute Gasteiger partial charge is 0.321 e. The second-order valence-corrected chi connectivity index (χ2v) is 7.64. The summed E-state index contributed by atoms with van der Waals surface area (Å²) in [5.41, 5.74) is 4.55. The summed E-state index contributed by atoms with van der Waals surface area (Å²) in [4.78, 5) is 17.0. The predicted octanol–water partition coefficient (Wildman–Crippen LogP) is 4.05. The summed E-state index contributed by atoms with van der Waals surface area (Å²) >= 11 is 0. The maximum absolute atomic E-state index is 12.8. The highest BCUT2D eigenvalue weighted by Gasteiger charge is 2.35. The molecular weight excluding hydrogens is 322 g/mol. The maximum Gasteiger partial charge on any atom is 0.279 e. The number of likely N-dealkylation sites (N-methyl/N-ethyl adjacent to an activating group) is 1. The highest BCUT2D eigenvalue weighted by atomic mass is 16.2. The third-order valence-electron chi connectivity index (χ3n) is 5.96. The number of likely N-dealkylation sites (tertiary alicyclic amines) is 1. The summed E-state index contributed by atoms with van der Waals surface area (Å²) in [6, 6.07) is 10.3. The highest BCUT2D eigenvalue weighted by Crippen LogP contribution is 2.31. The first kappa shape index (κ1) is 18.6. The van der Waals surface area contributed by atoms with Crippen molar-refractivity contribution >= 4 is 11.6 Å². The molecule has 2 heterocycles. The number of carbonyl (C=O) groups is 1. The van der Waals surface area contributed by atoms with E-state index in [1.807, 2.05) is 50.5 Å². The van der Waals surface area contributed by atoms with Gasteiger partial charge in [-0.3, -0.25) is 9.78 Å². The Morgan fingerprint density at radius 3 is 2.42 bits per heavy atom. The van der Waals surface area contributed by atoms with Crippen molar-refractivity contribution < 1.29 is 9.28 Å². The summed E-state index contributed by atoms with van der Waals surface area (Å²) < 4.78 is 0.882. The number of amides is 1. The van der Waals surface area contributed by atoms with E-state index in [-0.39, 0.29) is 5.91 Å².